The molecular weight excluding hydrogens is 254 g/mol. The Labute approximate surface area is 112 Å². The molecule has 94 valence electrons. The van der Waals surface area contributed by atoms with Crippen LogP contribution in [0.25, 0.3) is 0 Å². The van der Waals surface area contributed by atoms with E-state index in [-0.39, 0.29) is 0 Å². The zero-order valence-corrected chi connectivity index (χ0v) is 11.5. The van der Waals surface area contributed by atoms with Gasteiger partial charge in [-0.2, -0.15) is 11.8 Å². The van der Waals surface area contributed by atoms with Crippen LogP contribution in [-0.4, -0.2) is 41.1 Å². The third kappa shape index (κ3) is 3.62. The summed E-state index contributed by atoms with van der Waals surface area (Å²) in [6.45, 7) is 0.687. The topological polar surface area (TPSA) is 23.5 Å². The van der Waals surface area contributed by atoms with Crippen molar-refractivity contribution in [3.63, 3.8) is 0 Å². The SMILES string of the molecule is CN(CC(O)c1ccc(Cl)cc1)C1CCSC1. The second kappa shape index (κ2) is 6.10. The van der Waals surface area contributed by atoms with E-state index in [4.69, 9.17) is 11.6 Å². The average Bonchev–Trinajstić information content (AvgIpc) is 2.83. The van der Waals surface area contributed by atoms with Gasteiger partial charge in [0.05, 0.1) is 6.10 Å². The summed E-state index contributed by atoms with van der Waals surface area (Å²) in [6, 6.07) is 8.05. The molecule has 0 aromatic heterocycles. The summed E-state index contributed by atoms with van der Waals surface area (Å²) >= 11 is 7.83. The van der Waals surface area contributed by atoms with Crippen LogP contribution in [0.15, 0.2) is 24.3 Å². The minimum absolute atomic E-state index is 0.428. The van der Waals surface area contributed by atoms with Crippen molar-refractivity contribution >= 4 is 23.4 Å². The van der Waals surface area contributed by atoms with E-state index in [1.54, 1.807) is 0 Å². The van der Waals surface area contributed by atoms with Crippen molar-refractivity contribution in [1.29, 1.82) is 0 Å². The minimum atomic E-state index is -0.428. The van der Waals surface area contributed by atoms with E-state index in [9.17, 15) is 5.11 Å². The summed E-state index contributed by atoms with van der Waals surface area (Å²) in [5.74, 6) is 2.43. The first kappa shape index (κ1) is 13.2. The molecule has 0 amide bonds. The number of benzene rings is 1. The Bertz CT molecular complexity index is 351. The molecule has 1 saturated heterocycles. The Morgan fingerprint density at radius 3 is 2.76 bits per heavy atom. The van der Waals surface area contributed by atoms with Crippen LogP contribution >= 0.6 is 23.4 Å². The lowest BCUT2D eigenvalue weighted by molar-refractivity contribution is 0.110. The molecule has 1 N–H and O–H groups in total. The summed E-state index contributed by atoms with van der Waals surface area (Å²) in [6.07, 6.45) is 0.803. The van der Waals surface area contributed by atoms with Gasteiger partial charge in [-0.15, -0.1) is 0 Å². The van der Waals surface area contributed by atoms with Gasteiger partial charge in [0.15, 0.2) is 0 Å². The predicted octanol–water partition coefficient (Wildman–Crippen LogP) is 2.81. The molecule has 1 aliphatic heterocycles. The van der Waals surface area contributed by atoms with Gasteiger partial charge in [0.2, 0.25) is 0 Å². The van der Waals surface area contributed by atoms with Crippen molar-refractivity contribution in [3.05, 3.63) is 34.9 Å². The molecule has 0 saturated carbocycles. The summed E-state index contributed by atoms with van der Waals surface area (Å²) in [4.78, 5) is 2.26. The number of rotatable bonds is 4. The standard InChI is InChI=1S/C13H18ClNOS/c1-15(12-6-7-17-9-12)8-13(16)10-2-4-11(14)5-3-10/h2-5,12-13,16H,6-9H2,1H3. The Balaban J connectivity index is 1.91. The molecule has 1 heterocycles. The molecule has 0 aliphatic carbocycles. The van der Waals surface area contributed by atoms with Gasteiger partial charge < -0.3 is 5.11 Å². The average molecular weight is 272 g/mol. The fourth-order valence-electron chi connectivity index (χ4n) is 2.08. The lowest BCUT2D eigenvalue weighted by Gasteiger charge is -2.26. The summed E-state index contributed by atoms with van der Waals surface area (Å²) in [7, 11) is 2.09. The van der Waals surface area contributed by atoms with E-state index in [2.05, 4.69) is 11.9 Å². The molecule has 0 radical (unpaired) electrons. The highest BCUT2D eigenvalue weighted by Gasteiger charge is 2.22. The fourth-order valence-corrected chi connectivity index (χ4v) is 3.51. The maximum Gasteiger partial charge on any atom is 0.0916 e. The smallest absolute Gasteiger partial charge is 0.0916 e. The maximum atomic E-state index is 10.2. The first-order chi connectivity index (χ1) is 8.16. The van der Waals surface area contributed by atoms with E-state index >= 15 is 0 Å². The molecule has 1 aromatic rings. The number of hydrogen-bond donors (Lipinski definition) is 1. The molecule has 0 spiro atoms. The van der Waals surface area contributed by atoms with Gasteiger partial charge in [0.1, 0.15) is 0 Å². The van der Waals surface area contributed by atoms with E-state index < -0.39 is 6.10 Å². The van der Waals surface area contributed by atoms with Crippen LogP contribution in [0.2, 0.25) is 5.02 Å². The molecule has 1 aliphatic rings. The van der Waals surface area contributed by atoms with Crippen molar-refractivity contribution < 1.29 is 5.11 Å². The summed E-state index contributed by atoms with van der Waals surface area (Å²) < 4.78 is 0. The van der Waals surface area contributed by atoms with Crippen LogP contribution in [0.3, 0.4) is 0 Å². The second-order valence-corrected chi connectivity index (χ2v) is 6.11. The van der Waals surface area contributed by atoms with Gasteiger partial charge in [-0.05, 0) is 36.9 Å². The predicted molar refractivity (Wildman–Crippen MR) is 74.8 cm³/mol. The van der Waals surface area contributed by atoms with Crippen LogP contribution in [0, 0.1) is 0 Å². The van der Waals surface area contributed by atoms with Crippen LogP contribution < -0.4 is 0 Å². The molecule has 2 rings (SSSR count). The van der Waals surface area contributed by atoms with E-state index in [1.165, 1.54) is 17.9 Å². The molecule has 4 heteroatoms. The maximum absolute atomic E-state index is 10.2. The highest BCUT2D eigenvalue weighted by Crippen LogP contribution is 2.24. The Hall–Kier alpha value is -0.220. The van der Waals surface area contributed by atoms with Gasteiger partial charge in [-0.3, -0.25) is 4.90 Å². The van der Waals surface area contributed by atoms with E-state index in [0.717, 1.165) is 5.56 Å². The molecule has 17 heavy (non-hydrogen) atoms. The molecule has 1 fully saturated rings. The Morgan fingerprint density at radius 2 is 2.18 bits per heavy atom. The molecule has 2 atom stereocenters. The largest absolute Gasteiger partial charge is 0.387 e. The first-order valence-corrected chi connectivity index (χ1v) is 7.41. The molecule has 2 nitrogen and oxygen atoms in total. The summed E-state index contributed by atoms with van der Waals surface area (Å²) in [5.41, 5.74) is 0.937. The zero-order valence-electron chi connectivity index (χ0n) is 9.97. The highest BCUT2D eigenvalue weighted by molar-refractivity contribution is 7.99. The van der Waals surface area contributed by atoms with Crippen molar-refractivity contribution in [3.8, 4) is 0 Å². The third-order valence-electron chi connectivity index (χ3n) is 3.24. The lowest BCUT2D eigenvalue weighted by atomic mass is 10.1. The fraction of sp³-hybridized carbons (Fsp3) is 0.538. The quantitative estimate of drug-likeness (QED) is 0.911. The van der Waals surface area contributed by atoms with Crippen molar-refractivity contribution in [1.82, 2.24) is 4.90 Å². The van der Waals surface area contributed by atoms with Gasteiger partial charge in [0.25, 0.3) is 0 Å². The van der Waals surface area contributed by atoms with Crippen LogP contribution in [0.5, 0.6) is 0 Å². The first-order valence-electron chi connectivity index (χ1n) is 5.88. The minimum Gasteiger partial charge on any atom is -0.387 e. The van der Waals surface area contributed by atoms with Gasteiger partial charge >= 0.3 is 0 Å². The molecule has 2 unspecified atom stereocenters. The van der Waals surface area contributed by atoms with Gasteiger partial charge in [-0.25, -0.2) is 0 Å². The number of halogens is 1. The Morgan fingerprint density at radius 1 is 1.47 bits per heavy atom. The second-order valence-electron chi connectivity index (χ2n) is 4.52. The number of aliphatic hydroxyl groups excluding tert-OH is 1. The van der Waals surface area contributed by atoms with Crippen LogP contribution in [0.4, 0.5) is 0 Å². The number of aliphatic hydroxyl groups is 1. The number of nitrogens with zero attached hydrogens (tertiary/aromatic N) is 1. The molecule has 0 bridgehead atoms. The zero-order chi connectivity index (χ0) is 12.3. The number of likely N-dealkylation sites (N-methyl/N-ethyl adjacent to an activating group) is 1. The normalized spacial score (nSPS) is 22.0. The molecular formula is C13H18ClNOS. The molecule has 1 aromatic carbocycles. The van der Waals surface area contributed by atoms with Crippen LogP contribution in [-0.2, 0) is 0 Å². The van der Waals surface area contributed by atoms with Crippen molar-refractivity contribution in [2.45, 2.75) is 18.6 Å². The highest BCUT2D eigenvalue weighted by atomic mass is 35.5. The number of thioether (sulfide) groups is 1. The number of hydrogen-bond acceptors (Lipinski definition) is 3. The van der Waals surface area contributed by atoms with Gasteiger partial charge in [-0.1, -0.05) is 23.7 Å². The van der Waals surface area contributed by atoms with E-state index in [1.807, 2.05) is 36.0 Å². The lowest BCUT2D eigenvalue weighted by Crippen LogP contribution is -2.34. The third-order valence-corrected chi connectivity index (χ3v) is 4.64. The van der Waals surface area contributed by atoms with Crippen LogP contribution in [0.1, 0.15) is 18.1 Å². The van der Waals surface area contributed by atoms with Gasteiger partial charge in [0, 0.05) is 23.4 Å². The van der Waals surface area contributed by atoms with Crippen molar-refractivity contribution in [2.75, 3.05) is 25.1 Å². The monoisotopic (exact) mass is 271 g/mol. The van der Waals surface area contributed by atoms with Crippen molar-refractivity contribution in [2.24, 2.45) is 0 Å². The summed E-state index contributed by atoms with van der Waals surface area (Å²) in [5, 5.41) is 10.9. The Kier molecular flexibility index (Phi) is 4.74. The van der Waals surface area contributed by atoms with E-state index in [0.29, 0.717) is 17.6 Å².